The van der Waals surface area contributed by atoms with Gasteiger partial charge < -0.3 is 10.1 Å². The lowest BCUT2D eigenvalue weighted by Crippen LogP contribution is -2.18. The van der Waals surface area contributed by atoms with Gasteiger partial charge in [0.1, 0.15) is 5.75 Å². The number of amides is 1. The van der Waals surface area contributed by atoms with Crippen LogP contribution in [0.3, 0.4) is 0 Å². The monoisotopic (exact) mass is 543 g/mol. The number of unbranched alkanes of at least 4 members (excludes halogenated alkanes) is 12. The fourth-order valence-corrected chi connectivity index (χ4v) is 4.89. The molecule has 0 aliphatic heterocycles. The molecule has 0 aromatic heterocycles. The molecule has 0 aliphatic carbocycles. The predicted octanol–water partition coefficient (Wildman–Crippen LogP) is 10.1. The molecule has 1 amide bonds. The lowest BCUT2D eigenvalue weighted by Gasteiger charge is -2.17. The van der Waals surface area contributed by atoms with Gasteiger partial charge in [-0.1, -0.05) is 118 Å². The fourth-order valence-electron chi connectivity index (χ4n) is 4.49. The van der Waals surface area contributed by atoms with Crippen molar-refractivity contribution in [1.29, 1.82) is 0 Å². The highest BCUT2D eigenvalue weighted by Crippen LogP contribution is 2.27. The van der Waals surface area contributed by atoms with Gasteiger partial charge in [-0.2, -0.15) is 0 Å². The number of carbonyl (C=O) groups excluding carboxylic acids is 1. The quantitative estimate of drug-likeness (QED) is 0.190. The molecule has 4 heteroatoms. The van der Waals surface area contributed by atoms with Crippen molar-refractivity contribution in [2.75, 3.05) is 5.32 Å². The summed E-state index contributed by atoms with van der Waals surface area (Å²) >= 11 is 3.48. The van der Waals surface area contributed by atoms with Crippen molar-refractivity contribution in [3.05, 3.63) is 58.1 Å². The molecule has 194 valence electrons. The minimum absolute atomic E-state index is 0.0130. The average Bonchev–Trinajstić information content (AvgIpc) is 2.81. The number of rotatable bonds is 18. The molecule has 0 aliphatic rings. The van der Waals surface area contributed by atoms with Gasteiger partial charge in [-0.3, -0.25) is 4.79 Å². The molecular formula is C31H46BrNO2. The second-order valence-corrected chi connectivity index (χ2v) is 10.8. The standard InChI is InChI=1S/C31H46BrNO2/c1-4-5-6-7-8-9-10-11-12-13-14-15-16-19-26-20-17-23-29(35-25(2)3)30(26)31(34)33-28-22-18-21-27(32)24-28/h17-18,20-25H,4-16,19H2,1-3H3,(H,33,34). The van der Waals surface area contributed by atoms with Crippen LogP contribution in [-0.4, -0.2) is 12.0 Å². The van der Waals surface area contributed by atoms with Gasteiger partial charge in [0.15, 0.2) is 0 Å². The largest absolute Gasteiger partial charge is 0.490 e. The number of aryl methyl sites for hydroxylation is 1. The van der Waals surface area contributed by atoms with Gasteiger partial charge in [-0.05, 0) is 56.5 Å². The topological polar surface area (TPSA) is 38.3 Å². The first-order valence-corrected chi connectivity index (χ1v) is 14.7. The summed E-state index contributed by atoms with van der Waals surface area (Å²) in [5.74, 6) is 0.559. The number of carbonyl (C=O) groups is 1. The molecule has 0 heterocycles. The van der Waals surface area contributed by atoms with Crippen molar-refractivity contribution < 1.29 is 9.53 Å². The highest BCUT2D eigenvalue weighted by Gasteiger charge is 2.18. The summed E-state index contributed by atoms with van der Waals surface area (Å²) in [5, 5.41) is 3.05. The molecule has 0 unspecified atom stereocenters. The molecule has 0 bridgehead atoms. The first-order valence-electron chi connectivity index (χ1n) is 13.9. The Labute approximate surface area is 222 Å². The Balaban J connectivity index is 1.80. The zero-order valence-corrected chi connectivity index (χ0v) is 23.8. The molecule has 2 rings (SSSR count). The van der Waals surface area contributed by atoms with Crippen LogP contribution in [-0.2, 0) is 6.42 Å². The molecule has 0 saturated carbocycles. The summed E-state index contributed by atoms with van der Waals surface area (Å²) in [7, 11) is 0. The first kappa shape index (κ1) is 29.4. The number of benzene rings is 2. The van der Waals surface area contributed by atoms with Gasteiger partial charge in [0.25, 0.3) is 5.91 Å². The third kappa shape index (κ3) is 12.1. The Hall–Kier alpha value is -1.81. The Morgan fingerprint density at radius 2 is 1.40 bits per heavy atom. The molecule has 2 aromatic carbocycles. The number of halogens is 1. The highest BCUT2D eigenvalue weighted by atomic mass is 79.9. The molecule has 0 spiro atoms. The summed E-state index contributed by atoms with van der Waals surface area (Å²) < 4.78 is 6.96. The Bertz CT molecular complexity index is 865. The zero-order valence-electron chi connectivity index (χ0n) is 22.2. The normalized spacial score (nSPS) is 11.1. The lowest BCUT2D eigenvalue weighted by molar-refractivity contribution is 0.102. The van der Waals surface area contributed by atoms with Crippen LogP contribution in [0.15, 0.2) is 46.9 Å². The Kier molecular flexibility index (Phi) is 14.8. The third-order valence-electron chi connectivity index (χ3n) is 6.33. The van der Waals surface area contributed by atoms with Gasteiger partial charge in [-0.15, -0.1) is 0 Å². The minimum Gasteiger partial charge on any atom is -0.490 e. The van der Waals surface area contributed by atoms with Gasteiger partial charge in [0.05, 0.1) is 11.7 Å². The maximum atomic E-state index is 13.3. The molecule has 0 atom stereocenters. The predicted molar refractivity (Wildman–Crippen MR) is 154 cm³/mol. The van der Waals surface area contributed by atoms with Crippen molar-refractivity contribution in [2.45, 2.75) is 117 Å². The van der Waals surface area contributed by atoms with Crippen molar-refractivity contribution in [1.82, 2.24) is 0 Å². The number of anilines is 1. The first-order chi connectivity index (χ1) is 17.0. The summed E-state index contributed by atoms with van der Waals surface area (Å²) in [5.41, 5.74) is 2.51. The maximum absolute atomic E-state index is 13.3. The number of hydrogen-bond donors (Lipinski definition) is 1. The van der Waals surface area contributed by atoms with Crippen LogP contribution in [0.5, 0.6) is 5.75 Å². The summed E-state index contributed by atoms with van der Waals surface area (Å²) in [6, 6.07) is 13.7. The molecule has 3 nitrogen and oxygen atoms in total. The zero-order chi connectivity index (χ0) is 25.3. The maximum Gasteiger partial charge on any atom is 0.259 e. The van der Waals surface area contributed by atoms with Crippen LogP contribution in [0.25, 0.3) is 0 Å². The van der Waals surface area contributed by atoms with Gasteiger partial charge in [0, 0.05) is 10.2 Å². The summed E-state index contributed by atoms with van der Waals surface area (Å²) in [4.78, 5) is 13.3. The second kappa shape index (κ2) is 17.6. The van der Waals surface area contributed by atoms with Crippen LogP contribution >= 0.6 is 15.9 Å². The van der Waals surface area contributed by atoms with Crippen molar-refractivity contribution in [3.8, 4) is 5.75 Å². The molecular weight excluding hydrogens is 498 g/mol. The number of nitrogens with one attached hydrogen (secondary N) is 1. The van der Waals surface area contributed by atoms with E-state index in [9.17, 15) is 4.79 Å². The second-order valence-electron chi connectivity index (χ2n) is 9.91. The minimum atomic E-state index is -0.107. The van der Waals surface area contributed by atoms with Crippen molar-refractivity contribution in [2.24, 2.45) is 0 Å². The molecule has 0 saturated heterocycles. The van der Waals surface area contributed by atoms with Crippen LogP contribution in [0.1, 0.15) is 120 Å². The van der Waals surface area contributed by atoms with Crippen molar-refractivity contribution >= 4 is 27.5 Å². The van der Waals surface area contributed by atoms with E-state index in [0.29, 0.717) is 11.3 Å². The van der Waals surface area contributed by atoms with Crippen LogP contribution in [0.4, 0.5) is 5.69 Å². The lowest BCUT2D eigenvalue weighted by atomic mass is 9.98. The smallest absolute Gasteiger partial charge is 0.259 e. The van der Waals surface area contributed by atoms with Crippen LogP contribution < -0.4 is 10.1 Å². The summed E-state index contributed by atoms with van der Waals surface area (Å²) in [6.07, 6.45) is 18.3. The SMILES string of the molecule is CCCCCCCCCCCCCCCc1cccc(OC(C)C)c1C(=O)Nc1cccc(Br)c1. The molecule has 0 fully saturated rings. The molecule has 35 heavy (non-hydrogen) atoms. The van der Waals surface area contributed by atoms with E-state index in [-0.39, 0.29) is 12.0 Å². The van der Waals surface area contributed by atoms with Gasteiger partial charge >= 0.3 is 0 Å². The molecule has 1 N–H and O–H groups in total. The van der Waals surface area contributed by atoms with E-state index >= 15 is 0 Å². The third-order valence-corrected chi connectivity index (χ3v) is 6.83. The van der Waals surface area contributed by atoms with Crippen LogP contribution in [0, 0.1) is 0 Å². The average molecular weight is 545 g/mol. The summed E-state index contributed by atoms with van der Waals surface area (Å²) in [6.45, 7) is 6.27. The molecule has 2 aromatic rings. The van der Waals surface area contributed by atoms with E-state index in [0.717, 1.165) is 28.6 Å². The van der Waals surface area contributed by atoms with E-state index in [1.807, 2.05) is 50.2 Å². The van der Waals surface area contributed by atoms with Gasteiger partial charge in [-0.25, -0.2) is 0 Å². The Morgan fingerprint density at radius 1 is 0.829 bits per heavy atom. The Morgan fingerprint density at radius 3 is 1.97 bits per heavy atom. The van der Waals surface area contributed by atoms with E-state index in [4.69, 9.17) is 4.74 Å². The van der Waals surface area contributed by atoms with Crippen molar-refractivity contribution in [3.63, 3.8) is 0 Å². The number of hydrogen-bond acceptors (Lipinski definition) is 2. The van der Waals surface area contributed by atoms with E-state index in [1.54, 1.807) is 0 Å². The van der Waals surface area contributed by atoms with Crippen LogP contribution in [0.2, 0.25) is 0 Å². The number of ether oxygens (including phenoxy) is 1. The van der Waals surface area contributed by atoms with Gasteiger partial charge in [0.2, 0.25) is 0 Å². The van der Waals surface area contributed by atoms with E-state index in [2.05, 4.69) is 34.2 Å². The van der Waals surface area contributed by atoms with E-state index in [1.165, 1.54) is 77.0 Å². The molecule has 0 radical (unpaired) electrons. The fraction of sp³-hybridized carbons (Fsp3) is 0.581. The highest BCUT2D eigenvalue weighted by molar-refractivity contribution is 9.10. The van der Waals surface area contributed by atoms with E-state index < -0.39 is 0 Å².